The van der Waals surface area contributed by atoms with Crippen molar-refractivity contribution < 1.29 is 14.6 Å². The summed E-state index contributed by atoms with van der Waals surface area (Å²) in [5, 5.41) is 23.4. The average Bonchev–Trinajstić information content (AvgIpc) is 2.45. The Morgan fingerprint density at radius 2 is 1.95 bits per heavy atom. The largest absolute Gasteiger partial charge is 0.507 e. The van der Waals surface area contributed by atoms with Gasteiger partial charge in [0.05, 0.1) is 0 Å². The molecule has 4 nitrogen and oxygen atoms in total. The maximum atomic E-state index is 13.8. The second-order valence-corrected chi connectivity index (χ2v) is 6.50. The van der Waals surface area contributed by atoms with Crippen LogP contribution in [0.2, 0.25) is 0 Å². The smallest absolute Gasteiger partial charge is 0.124 e. The Hall–Kier alpha value is -1.17. The second kappa shape index (κ2) is 6.30. The number of nitrogens with zero attached hydrogens (tertiary/aromatic N) is 1. The van der Waals surface area contributed by atoms with Gasteiger partial charge in [0, 0.05) is 49.8 Å². The number of rotatable bonds is 4. The molecule has 0 bridgehead atoms. The summed E-state index contributed by atoms with van der Waals surface area (Å²) < 4.78 is 13.8. The van der Waals surface area contributed by atoms with Gasteiger partial charge < -0.3 is 15.5 Å². The number of phenolic OH excluding ortho intramolecular Hbond substituents is 1. The monoisotopic (exact) mass is 296 g/mol. The lowest BCUT2D eigenvalue weighted by Gasteiger charge is -2.43. The van der Waals surface area contributed by atoms with Gasteiger partial charge in [0.25, 0.3) is 0 Å². The third-order valence-corrected chi connectivity index (χ3v) is 4.25. The van der Waals surface area contributed by atoms with Gasteiger partial charge >= 0.3 is 0 Å². The van der Waals surface area contributed by atoms with Gasteiger partial charge in [-0.1, -0.05) is 13.8 Å². The molecule has 0 radical (unpaired) electrons. The fourth-order valence-electron chi connectivity index (χ4n) is 3.11. The first kappa shape index (κ1) is 16.2. The van der Waals surface area contributed by atoms with Crippen LogP contribution in [0.3, 0.4) is 0 Å². The molecule has 0 aromatic heterocycles. The molecule has 0 unspecified atom stereocenters. The first-order valence-electron chi connectivity index (χ1n) is 7.41. The van der Waals surface area contributed by atoms with E-state index in [9.17, 15) is 14.6 Å². The summed E-state index contributed by atoms with van der Waals surface area (Å²) in [6.07, 6.45) is 0. The first-order valence-corrected chi connectivity index (χ1v) is 7.41. The maximum Gasteiger partial charge on any atom is 0.124 e. The van der Waals surface area contributed by atoms with Gasteiger partial charge in [-0.2, -0.15) is 0 Å². The summed E-state index contributed by atoms with van der Waals surface area (Å²) in [5.41, 5.74) is 0.613. The Balaban J connectivity index is 2.49. The summed E-state index contributed by atoms with van der Waals surface area (Å²) in [7, 11) is 0. The van der Waals surface area contributed by atoms with Crippen molar-refractivity contribution in [3.05, 3.63) is 29.1 Å². The van der Waals surface area contributed by atoms with E-state index < -0.39 is 5.41 Å². The Morgan fingerprint density at radius 1 is 1.33 bits per heavy atom. The summed E-state index contributed by atoms with van der Waals surface area (Å²) in [4.78, 5) is 2.21. The van der Waals surface area contributed by atoms with Gasteiger partial charge in [-0.15, -0.1) is 0 Å². The van der Waals surface area contributed by atoms with Crippen LogP contribution < -0.4 is 5.32 Å². The molecule has 3 N–H and O–H groups in total. The number of piperazine rings is 1. The first-order chi connectivity index (χ1) is 9.86. The van der Waals surface area contributed by atoms with Gasteiger partial charge in [0.1, 0.15) is 11.6 Å². The van der Waals surface area contributed by atoms with Crippen LogP contribution in [-0.4, -0.2) is 47.9 Å². The predicted molar refractivity (Wildman–Crippen MR) is 80.9 cm³/mol. The average molecular weight is 296 g/mol. The van der Waals surface area contributed by atoms with Crippen molar-refractivity contribution in [2.45, 2.75) is 26.8 Å². The minimum absolute atomic E-state index is 0.0312. The number of halogens is 1. The highest BCUT2D eigenvalue weighted by atomic mass is 19.1. The van der Waals surface area contributed by atoms with Crippen LogP contribution in [-0.2, 0) is 0 Å². The van der Waals surface area contributed by atoms with Gasteiger partial charge in [0.2, 0.25) is 0 Å². The predicted octanol–water partition coefficient (Wildman–Crippen LogP) is 1.80. The molecule has 1 aromatic rings. The Labute approximate surface area is 125 Å². The summed E-state index contributed by atoms with van der Waals surface area (Å²) >= 11 is 0. The zero-order chi connectivity index (χ0) is 15.6. The highest BCUT2D eigenvalue weighted by molar-refractivity contribution is 5.43. The number of phenols is 1. The molecule has 5 heteroatoms. The van der Waals surface area contributed by atoms with Crippen molar-refractivity contribution in [3.8, 4) is 5.75 Å². The van der Waals surface area contributed by atoms with Gasteiger partial charge in [-0.3, -0.25) is 4.90 Å². The van der Waals surface area contributed by atoms with E-state index in [2.05, 4.69) is 10.2 Å². The molecule has 1 aromatic carbocycles. The molecule has 0 amide bonds. The number of hydrogen-bond acceptors (Lipinski definition) is 4. The number of aryl methyl sites for hydroxylation is 1. The maximum absolute atomic E-state index is 13.8. The number of nitrogens with one attached hydrogen (secondary N) is 1. The van der Waals surface area contributed by atoms with Crippen molar-refractivity contribution in [1.82, 2.24) is 10.2 Å². The van der Waals surface area contributed by atoms with Crippen molar-refractivity contribution in [2.75, 3.05) is 32.8 Å². The molecule has 1 saturated heterocycles. The lowest BCUT2D eigenvalue weighted by molar-refractivity contribution is 0.0291. The van der Waals surface area contributed by atoms with Crippen molar-refractivity contribution in [2.24, 2.45) is 5.41 Å². The van der Waals surface area contributed by atoms with Gasteiger partial charge in [0.15, 0.2) is 0 Å². The third kappa shape index (κ3) is 3.36. The molecule has 0 spiro atoms. The van der Waals surface area contributed by atoms with E-state index in [1.807, 2.05) is 13.8 Å². The van der Waals surface area contributed by atoms with E-state index >= 15 is 0 Å². The van der Waals surface area contributed by atoms with Crippen molar-refractivity contribution in [1.29, 1.82) is 0 Å². The number of benzene rings is 1. The summed E-state index contributed by atoms with van der Waals surface area (Å²) in [6, 6.07) is 2.51. The normalized spacial score (nSPS) is 18.7. The molecule has 1 aliphatic rings. The van der Waals surface area contributed by atoms with E-state index in [-0.39, 0.29) is 24.2 Å². The van der Waals surface area contributed by atoms with Crippen LogP contribution in [0.25, 0.3) is 0 Å². The quantitative estimate of drug-likeness (QED) is 0.793. The third-order valence-electron chi connectivity index (χ3n) is 4.25. The Kier molecular flexibility index (Phi) is 4.86. The van der Waals surface area contributed by atoms with Crippen LogP contribution in [0.1, 0.15) is 31.0 Å². The lowest BCUT2D eigenvalue weighted by atomic mass is 9.79. The standard InChI is InChI=1S/C16H25FN2O2/c1-11-8-12(17)9-13(14(11)21)15(16(2,3)10-20)19-6-4-18-5-7-19/h8-9,15,18,20-21H,4-7,10H2,1-3H3/t15-/m0/s1. The summed E-state index contributed by atoms with van der Waals surface area (Å²) in [5.74, 6) is -0.226. The van der Waals surface area contributed by atoms with E-state index in [1.165, 1.54) is 12.1 Å². The fraction of sp³-hybridized carbons (Fsp3) is 0.625. The van der Waals surface area contributed by atoms with Crippen LogP contribution in [0.5, 0.6) is 5.75 Å². The van der Waals surface area contributed by atoms with Crippen LogP contribution in [0.4, 0.5) is 4.39 Å². The fourth-order valence-corrected chi connectivity index (χ4v) is 3.11. The minimum Gasteiger partial charge on any atom is -0.507 e. The zero-order valence-corrected chi connectivity index (χ0v) is 13.0. The Bertz CT molecular complexity index is 499. The molecule has 118 valence electrons. The molecule has 0 saturated carbocycles. The van der Waals surface area contributed by atoms with E-state index in [0.29, 0.717) is 11.1 Å². The molecule has 1 fully saturated rings. The van der Waals surface area contributed by atoms with Crippen molar-refractivity contribution >= 4 is 0 Å². The molecule has 2 rings (SSSR count). The van der Waals surface area contributed by atoms with E-state index in [0.717, 1.165) is 26.2 Å². The SMILES string of the molecule is Cc1cc(F)cc([C@H](N2CCNCC2)C(C)(C)CO)c1O. The zero-order valence-electron chi connectivity index (χ0n) is 13.0. The topological polar surface area (TPSA) is 55.7 Å². The minimum atomic E-state index is -0.477. The molecule has 1 heterocycles. The number of aliphatic hydroxyl groups excluding tert-OH is 1. The highest BCUT2D eigenvalue weighted by Gasteiger charge is 2.37. The van der Waals surface area contributed by atoms with Crippen molar-refractivity contribution in [3.63, 3.8) is 0 Å². The van der Waals surface area contributed by atoms with E-state index in [4.69, 9.17) is 0 Å². The van der Waals surface area contributed by atoms with Crippen LogP contribution >= 0.6 is 0 Å². The Morgan fingerprint density at radius 3 is 2.52 bits per heavy atom. The van der Waals surface area contributed by atoms with Crippen LogP contribution in [0.15, 0.2) is 12.1 Å². The number of aliphatic hydroxyl groups is 1. The molecule has 1 atom stereocenters. The second-order valence-electron chi connectivity index (χ2n) is 6.50. The van der Waals surface area contributed by atoms with E-state index in [1.54, 1.807) is 6.92 Å². The van der Waals surface area contributed by atoms with Crippen LogP contribution in [0, 0.1) is 18.2 Å². The lowest BCUT2D eigenvalue weighted by Crippen LogP contribution is -2.49. The molecule has 0 aliphatic carbocycles. The molecular weight excluding hydrogens is 271 g/mol. The molecule has 1 aliphatic heterocycles. The highest BCUT2D eigenvalue weighted by Crippen LogP contribution is 2.43. The van der Waals surface area contributed by atoms with Gasteiger partial charge in [-0.05, 0) is 24.6 Å². The number of aromatic hydroxyl groups is 1. The van der Waals surface area contributed by atoms with Gasteiger partial charge in [-0.25, -0.2) is 4.39 Å². The molecular formula is C16H25FN2O2. The summed E-state index contributed by atoms with van der Waals surface area (Å²) in [6.45, 7) is 8.88. The molecule has 21 heavy (non-hydrogen) atoms. The number of hydrogen-bond donors (Lipinski definition) is 3.